The Morgan fingerprint density at radius 2 is 1.70 bits per heavy atom. The van der Waals surface area contributed by atoms with Crippen LogP contribution in [0.25, 0.3) is 0 Å². The summed E-state index contributed by atoms with van der Waals surface area (Å²) in [6.45, 7) is 0. The Morgan fingerprint density at radius 1 is 1.04 bits per heavy atom. The SMILES string of the molecule is O=C(NC1CC1)c1ccc(S(=O)(=O)Nc2ccccc2Br)cc1. The average molecular weight is 395 g/mol. The summed E-state index contributed by atoms with van der Waals surface area (Å²) in [6.07, 6.45) is 2.02. The summed E-state index contributed by atoms with van der Waals surface area (Å²) in [5.74, 6) is -0.171. The minimum atomic E-state index is -3.70. The normalized spacial score (nSPS) is 14.3. The number of hydrogen-bond donors (Lipinski definition) is 2. The molecule has 0 radical (unpaired) electrons. The number of amides is 1. The second-order valence-electron chi connectivity index (χ2n) is 5.36. The molecule has 0 saturated heterocycles. The van der Waals surface area contributed by atoms with Gasteiger partial charge in [-0.25, -0.2) is 8.42 Å². The van der Waals surface area contributed by atoms with Crippen molar-refractivity contribution >= 4 is 37.5 Å². The molecular formula is C16H15BrN2O3S. The van der Waals surface area contributed by atoms with Gasteiger partial charge in [0.25, 0.3) is 15.9 Å². The van der Waals surface area contributed by atoms with E-state index >= 15 is 0 Å². The Morgan fingerprint density at radius 3 is 2.30 bits per heavy atom. The maximum absolute atomic E-state index is 12.4. The van der Waals surface area contributed by atoms with Crippen molar-refractivity contribution in [1.29, 1.82) is 0 Å². The van der Waals surface area contributed by atoms with Crippen LogP contribution >= 0.6 is 15.9 Å². The third kappa shape index (κ3) is 3.92. The van der Waals surface area contributed by atoms with Gasteiger partial charge >= 0.3 is 0 Å². The number of hydrogen-bond acceptors (Lipinski definition) is 3. The smallest absolute Gasteiger partial charge is 0.261 e. The van der Waals surface area contributed by atoms with Gasteiger partial charge in [-0.05, 0) is 65.2 Å². The van der Waals surface area contributed by atoms with Crippen molar-refractivity contribution < 1.29 is 13.2 Å². The van der Waals surface area contributed by atoms with Gasteiger partial charge < -0.3 is 5.32 Å². The van der Waals surface area contributed by atoms with Gasteiger partial charge in [-0.15, -0.1) is 0 Å². The number of halogens is 1. The number of carbonyl (C=O) groups is 1. The maximum Gasteiger partial charge on any atom is 0.261 e. The van der Waals surface area contributed by atoms with Crippen molar-refractivity contribution in [3.05, 3.63) is 58.6 Å². The minimum Gasteiger partial charge on any atom is -0.349 e. The quantitative estimate of drug-likeness (QED) is 0.817. The van der Waals surface area contributed by atoms with E-state index in [1.54, 1.807) is 24.3 Å². The first-order valence-electron chi connectivity index (χ1n) is 7.14. The van der Waals surface area contributed by atoms with Crippen LogP contribution in [0.5, 0.6) is 0 Å². The lowest BCUT2D eigenvalue weighted by Gasteiger charge is -2.10. The molecule has 2 aromatic carbocycles. The van der Waals surface area contributed by atoms with Gasteiger partial charge in [0, 0.05) is 16.1 Å². The predicted octanol–water partition coefficient (Wildman–Crippen LogP) is 3.14. The highest BCUT2D eigenvalue weighted by atomic mass is 79.9. The Kier molecular flexibility index (Phi) is 4.41. The zero-order valence-electron chi connectivity index (χ0n) is 12.1. The molecule has 0 atom stereocenters. The average Bonchev–Trinajstić information content (AvgIpc) is 3.33. The molecular weight excluding hydrogens is 380 g/mol. The first-order chi connectivity index (χ1) is 11.0. The number of benzene rings is 2. The molecule has 1 amide bonds. The summed E-state index contributed by atoms with van der Waals surface area (Å²) < 4.78 is 28.0. The van der Waals surface area contributed by atoms with Gasteiger partial charge in [0.05, 0.1) is 10.6 Å². The van der Waals surface area contributed by atoms with Gasteiger partial charge in [0.1, 0.15) is 0 Å². The van der Waals surface area contributed by atoms with Gasteiger partial charge in [-0.2, -0.15) is 0 Å². The van der Waals surface area contributed by atoms with Crippen molar-refractivity contribution in [3.8, 4) is 0 Å². The highest BCUT2D eigenvalue weighted by molar-refractivity contribution is 9.10. The predicted molar refractivity (Wildman–Crippen MR) is 91.9 cm³/mol. The molecule has 0 aliphatic heterocycles. The molecule has 0 unspecified atom stereocenters. The van der Waals surface area contributed by atoms with Crippen LogP contribution in [0.2, 0.25) is 0 Å². The summed E-state index contributed by atoms with van der Waals surface area (Å²) in [7, 11) is -3.70. The van der Waals surface area contributed by atoms with Gasteiger partial charge in [0.15, 0.2) is 0 Å². The van der Waals surface area contributed by atoms with E-state index in [0.29, 0.717) is 15.7 Å². The molecule has 1 aliphatic rings. The van der Waals surface area contributed by atoms with E-state index in [2.05, 4.69) is 26.0 Å². The second kappa shape index (κ2) is 6.33. The summed E-state index contributed by atoms with van der Waals surface area (Å²) in [4.78, 5) is 12.0. The lowest BCUT2D eigenvalue weighted by atomic mass is 10.2. The zero-order valence-corrected chi connectivity index (χ0v) is 14.5. The lowest BCUT2D eigenvalue weighted by molar-refractivity contribution is 0.0951. The molecule has 0 spiro atoms. The van der Waals surface area contributed by atoms with Crippen LogP contribution in [0.4, 0.5) is 5.69 Å². The Balaban J connectivity index is 1.77. The maximum atomic E-state index is 12.4. The van der Waals surface area contributed by atoms with E-state index in [1.165, 1.54) is 24.3 Å². The van der Waals surface area contributed by atoms with Crippen molar-refractivity contribution in [2.45, 2.75) is 23.8 Å². The highest BCUT2D eigenvalue weighted by Crippen LogP contribution is 2.25. The molecule has 5 nitrogen and oxygen atoms in total. The number of anilines is 1. The van der Waals surface area contributed by atoms with Crippen molar-refractivity contribution in [3.63, 3.8) is 0 Å². The fourth-order valence-corrected chi connectivity index (χ4v) is 3.62. The van der Waals surface area contributed by atoms with Gasteiger partial charge in [-0.1, -0.05) is 12.1 Å². The fraction of sp³-hybridized carbons (Fsp3) is 0.188. The molecule has 23 heavy (non-hydrogen) atoms. The number of nitrogens with one attached hydrogen (secondary N) is 2. The van der Waals surface area contributed by atoms with Crippen LogP contribution in [-0.2, 0) is 10.0 Å². The molecule has 0 heterocycles. The molecule has 0 aromatic heterocycles. The van der Waals surface area contributed by atoms with Gasteiger partial charge in [-0.3, -0.25) is 9.52 Å². The van der Waals surface area contributed by atoms with Crippen molar-refractivity contribution in [1.82, 2.24) is 5.32 Å². The van der Waals surface area contributed by atoms with Gasteiger partial charge in [0.2, 0.25) is 0 Å². The Hall–Kier alpha value is -1.86. The van der Waals surface area contributed by atoms with Crippen molar-refractivity contribution in [2.24, 2.45) is 0 Å². The minimum absolute atomic E-state index is 0.108. The standard InChI is InChI=1S/C16H15BrN2O3S/c17-14-3-1-2-4-15(14)19-23(21,22)13-9-5-11(6-10-13)16(20)18-12-7-8-12/h1-6,9-10,12,19H,7-8H2,(H,18,20). The summed E-state index contributed by atoms with van der Waals surface area (Å²) >= 11 is 3.30. The largest absolute Gasteiger partial charge is 0.349 e. The molecule has 1 fully saturated rings. The fourth-order valence-electron chi connectivity index (χ4n) is 2.03. The lowest BCUT2D eigenvalue weighted by Crippen LogP contribution is -2.25. The first kappa shape index (κ1) is 16.0. The molecule has 120 valence electrons. The topological polar surface area (TPSA) is 75.3 Å². The number of sulfonamides is 1. The number of para-hydroxylation sites is 1. The van der Waals surface area contributed by atoms with E-state index < -0.39 is 10.0 Å². The van der Waals surface area contributed by atoms with Crippen LogP contribution in [0, 0.1) is 0 Å². The Labute approximate surface area is 143 Å². The van der Waals surface area contributed by atoms with Crippen LogP contribution in [0.1, 0.15) is 23.2 Å². The molecule has 2 N–H and O–H groups in total. The Bertz CT molecular complexity index is 831. The van der Waals surface area contributed by atoms with E-state index in [-0.39, 0.29) is 16.8 Å². The van der Waals surface area contributed by atoms with Crippen LogP contribution < -0.4 is 10.0 Å². The third-order valence-electron chi connectivity index (χ3n) is 3.46. The number of rotatable bonds is 5. The molecule has 1 aliphatic carbocycles. The van der Waals surface area contributed by atoms with Crippen LogP contribution in [-0.4, -0.2) is 20.4 Å². The molecule has 1 saturated carbocycles. The highest BCUT2D eigenvalue weighted by Gasteiger charge is 2.24. The van der Waals surface area contributed by atoms with E-state index in [4.69, 9.17) is 0 Å². The molecule has 3 rings (SSSR count). The third-order valence-corrected chi connectivity index (χ3v) is 5.53. The summed E-state index contributed by atoms with van der Waals surface area (Å²) in [5, 5.41) is 2.87. The number of carbonyl (C=O) groups excluding carboxylic acids is 1. The van der Waals surface area contributed by atoms with E-state index in [0.717, 1.165) is 12.8 Å². The summed E-state index contributed by atoms with van der Waals surface area (Å²) in [6, 6.07) is 13.1. The summed E-state index contributed by atoms with van der Waals surface area (Å²) in [5.41, 5.74) is 0.916. The van der Waals surface area contributed by atoms with Crippen molar-refractivity contribution in [2.75, 3.05) is 4.72 Å². The zero-order chi connectivity index (χ0) is 16.4. The molecule has 2 aromatic rings. The second-order valence-corrected chi connectivity index (χ2v) is 7.89. The first-order valence-corrected chi connectivity index (χ1v) is 9.41. The molecule has 0 bridgehead atoms. The molecule has 7 heteroatoms. The van der Waals surface area contributed by atoms with E-state index in [1.807, 2.05) is 0 Å². The monoisotopic (exact) mass is 394 g/mol. The van der Waals surface area contributed by atoms with E-state index in [9.17, 15) is 13.2 Å². The van der Waals surface area contributed by atoms with Crippen LogP contribution in [0.3, 0.4) is 0 Å². The van der Waals surface area contributed by atoms with Crippen LogP contribution in [0.15, 0.2) is 57.9 Å².